The van der Waals surface area contributed by atoms with E-state index in [1.165, 1.54) is 11.3 Å². The maximum Gasteiger partial charge on any atom is 0.270 e. The van der Waals surface area contributed by atoms with E-state index in [0.29, 0.717) is 25.5 Å². The molecule has 0 unspecified atom stereocenters. The summed E-state index contributed by atoms with van der Waals surface area (Å²) >= 11 is 4.68. The quantitative estimate of drug-likeness (QED) is 0.614. The molecular weight excluding hydrogens is 280 g/mol. The third-order valence-electron chi connectivity index (χ3n) is 1.64. The van der Waals surface area contributed by atoms with Crippen LogP contribution in [0.25, 0.3) is 0 Å². The molecule has 1 aromatic rings. The van der Waals surface area contributed by atoms with E-state index in [-0.39, 0.29) is 5.91 Å². The van der Waals surface area contributed by atoms with Crippen LogP contribution in [0.2, 0.25) is 0 Å². The summed E-state index contributed by atoms with van der Waals surface area (Å²) in [5.41, 5.74) is 2.13. The smallest absolute Gasteiger partial charge is 0.270 e. The van der Waals surface area contributed by atoms with Crippen molar-refractivity contribution in [3.63, 3.8) is 0 Å². The Bertz CT molecular complexity index is 280. The topological polar surface area (TPSA) is 51.2 Å². The molecule has 15 heavy (non-hydrogen) atoms. The number of aromatic nitrogens is 1. The zero-order chi connectivity index (χ0) is 10.9. The number of halogens is 1. The van der Waals surface area contributed by atoms with Crippen molar-refractivity contribution in [2.45, 2.75) is 6.42 Å². The molecule has 0 saturated carbocycles. The Balaban J connectivity index is 2.03. The predicted molar refractivity (Wildman–Crippen MR) is 63.7 cm³/mol. The summed E-state index contributed by atoms with van der Waals surface area (Å²) in [4.78, 5) is 15.3. The largest absolute Gasteiger partial charge is 0.381 e. The van der Waals surface area contributed by atoms with Gasteiger partial charge in [0.25, 0.3) is 5.91 Å². The van der Waals surface area contributed by atoms with Gasteiger partial charge in [0, 0.05) is 23.9 Å². The number of nitrogens with one attached hydrogen (secondary N) is 1. The number of hydrogen-bond acceptors (Lipinski definition) is 4. The third-order valence-corrected chi connectivity index (χ3v) is 2.55. The normalized spacial score (nSPS) is 10.2. The zero-order valence-corrected chi connectivity index (χ0v) is 10.6. The van der Waals surface area contributed by atoms with Gasteiger partial charge in [-0.25, -0.2) is 4.98 Å². The predicted octanol–water partition coefficient (Wildman–Crippen LogP) is 1.67. The summed E-state index contributed by atoms with van der Waals surface area (Å²) in [6.07, 6.45) is 0.822. The van der Waals surface area contributed by atoms with Crippen molar-refractivity contribution in [2.24, 2.45) is 0 Å². The Morgan fingerprint density at radius 2 is 2.47 bits per heavy atom. The monoisotopic (exact) mass is 292 g/mol. The van der Waals surface area contributed by atoms with Gasteiger partial charge in [-0.05, 0) is 6.42 Å². The molecule has 0 fully saturated rings. The molecule has 1 aromatic heterocycles. The van der Waals surface area contributed by atoms with E-state index in [1.807, 2.05) is 0 Å². The first-order valence-corrected chi connectivity index (χ1v) is 6.71. The van der Waals surface area contributed by atoms with Crippen LogP contribution in [-0.4, -0.2) is 36.0 Å². The molecule has 84 valence electrons. The van der Waals surface area contributed by atoms with Crippen LogP contribution in [0.3, 0.4) is 0 Å². The first-order chi connectivity index (χ1) is 7.34. The van der Waals surface area contributed by atoms with Gasteiger partial charge in [0.15, 0.2) is 0 Å². The fourth-order valence-electron chi connectivity index (χ4n) is 0.948. The molecule has 0 aliphatic rings. The lowest BCUT2D eigenvalue weighted by atomic mass is 10.4. The van der Waals surface area contributed by atoms with Crippen LogP contribution >= 0.6 is 27.3 Å². The molecule has 1 heterocycles. The van der Waals surface area contributed by atoms with Crippen LogP contribution in [-0.2, 0) is 4.74 Å². The second-order valence-corrected chi connectivity index (χ2v) is 4.30. The number of hydrogen-bond donors (Lipinski definition) is 1. The SMILES string of the molecule is O=C(NCCCOCCBr)c1cscn1. The minimum absolute atomic E-state index is 0.114. The van der Waals surface area contributed by atoms with Crippen LogP contribution in [0.4, 0.5) is 0 Å². The number of carbonyl (C=O) groups is 1. The molecule has 0 aliphatic carbocycles. The Hall–Kier alpha value is -0.460. The van der Waals surface area contributed by atoms with E-state index in [2.05, 4.69) is 26.2 Å². The molecule has 0 spiro atoms. The molecule has 0 bridgehead atoms. The molecule has 1 amide bonds. The highest BCUT2D eigenvalue weighted by Gasteiger charge is 2.05. The second kappa shape index (κ2) is 7.78. The first kappa shape index (κ1) is 12.6. The molecule has 0 aromatic carbocycles. The van der Waals surface area contributed by atoms with Gasteiger partial charge in [0.2, 0.25) is 0 Å². The van der Waals surface area contributed by atoms with Gasteiger partial charge in [-0.1, -0.05) is 15.9 Å². The Morgan fingerprint density at radius 1 is 1.60 bits per heavy atom. The summed E-state index contributed by atoms with van der Waals surface area (Å²) < 4.78 is 5.24. The van der Waals surface area contributed by atoms with E-state index in [4.69, 9.17) is 4.74 Å². The Labute approximate surface area is 101 Å². The number of alkyl halides is 1. The average molecular weight is 293 g/mol. The molecule has 0 atom stereocenters. The number of rotatable bonds is 7. The van der Waals surface area contributed by atoms with Crippen molar-refractivity contribution >= 4 is 33.2 Å². The van der Waals surface area contributed by atoms with Crippen molar-refractivity contribution < 1.29 is 9.53 Å². The fourth-order valence-corrected chi connectivity index (χ4v) is 1.71. The highest BCUT2D eigenvalue weighted by atomic mass is 79.9. The standard InChI is InChI=1S/C9H13BrN2O2S/c10-2-5-14-4-1-3-11-9(13)8-6-15-7-12-8/h6-7H,1-5H2,(H,11,13). The number of ether oxygens (including phenoxy) is 1. The Morgan fingerprint density at radius 3 is 3.13 bits per heavy atom. The minimum Gasteiger partial charge on any atom is -0.381 e. The van der Waals surface area contributed by atoms with Gasteiger partial charge < -0.3 is 10.1 Å². The highest BCUT2D eigenvalue weighted by Crippen LogP contribution is 1.99. The number of thiazole rings is 1. The number of nitrogens with zero attached hydrogens (tertiary/aromatic N) is 1. The summed E-state index contributed by atoms with van der Waals surface area (Å²) in [5.74, 6) is -0.114. The van der Waals surface area contributed by atoms with Crippen molar-refractivity contribution in [1.29, 1.82) is 0 Å². The molecule has 1 N–H and O–H groups in total. The molecule has 6 heteroatoms. The molecular formula is C9H13BrN2O2S. The van der Waals surface area contributed by atoms with Crippen molar-refractivity contribution in [3.05, 3.63) is 16.6 Å². The summed E-state index contributed by atoms with van der Waals surface area (Å²) in [6, 6.07) is 0. The van der Waals surface area contributed by atoms with Crippen molar-refractivity contribution in [3.8, 4) is 0 Å². The molecule has 0 saturated heterocycles. The lowest BCUT2D eigenvalue weighted by molar-refractivity contribution is 0.0940. The van der Waals surface area contributed by atoms with E-state index in [0.717, 1.165) is 11.8 Å². The average Bonchev–Trinajstić information content (AvgIpc) is 2.76. The summed E-state index contributed by atoms with van der Waals surface area (Å²) in [6.45, 7) is 2.00. The highest BCUT2D eigenvalue weighted by molar-refractivity contribution is 9.09. The lowest BCUT2D eigenvalue weighted by Gasteiger charge is -2.03. The zero-order valence-electron chi connectivity index (χ0n) is 8.24. The van der Waals surface area contributed by atoms with Crippen LogP contribution in [0.15, 0.2) is 10.9 Å². The van der Waals surface area contributed by atoms with Crippen LogP contribution in [0.5, 0.6) is 0 Å². The second-order valence-electron chi connectivity index (χ2n) is 2.78. The van der Waals surface area contributed by atoms with Gasteiger partial charge >= 0.3 is 0 Å². The molecule has 0 radical (unpaired) electrons. The van der Waals surface area contributed by atoms with Gasteiger partial charge in [0.05, 0.1) is 12.1 Å². The van der Waals surface area contributed by atoms with Crippen molar-refractivity contribution in [2.75, 3.05) is 25.1 Å². The molecule has 4 nitrogen and oxygen atoms in total. The first-order valence-electron chi connectivity index (χ1n) is 4.64. The van der Waals surface area contributed by atoms with Crippen LogP contribution in [0, 0.1) is 0 Å². The minimum atomic E-state index is -0.114. The summed E-state index contributed by atoms with van der Waals surface area (Å²) in [5, 5.41) is 5.35. The van der Waals surface area contributed by atoms with Crippen LogP contribution < -0.4 is 5.32 Å². The van der Waals surface area contributed by atoms with Gasteiger partial charge in [-0.2, -0.15) is 0 Å². The lowest BCUT2D eigenvalue weighted by Crippen LogP contribution is -2.25. The molecule has 1 rings (SSSR count). The maximum absolute atomic E-state index is 11.4. The van der Waals surface area contributed by atoms with Gasteiger partial charge in [-0.3, -0.25) is 4.79 Å². The summed E-state index contributed by atoms with van der Waals surface area (Å²) in [7, 11) is 0. The van der Waals surface area contributed by atoms with E-state index in [9.17, 15) is 4.79 Å². The number of carbonyl (C=O) groups excluding carboxylic acids is 1. The van der Waals surface area contributed by atoms with Crippen LogP contribution in [0.1, 0.15) is 16.9 Å². The number of amides is 1. The third kappa shape index (κ3) is 5.25. The Kier molecular flexibility index (Phi) is 6.54. The van der Waals surface area contributed by atoms with E-state index in [1.54, 1.807) is 10.9 Å². The molecule has 0 aliphatic heterocycles. The van der Waals surface area contributed by atoms with Crippen molar-refractivity contribution in [1.82, 2.24) is 10.3 Å². The van der Waals surface area contributed by atoms with Gasteiger partial charge in [-0.15, -0.1) is 11.3 Å². The fraction of sp³-hybridized carbons (Fsp3) is 0.556. The maximum atomic E-state index is 11.4. The van der Waals surface area contributed by atoms with Gasteiger partial charge in [0.1, 0.15) is 5.69 Å². The van der Waals surface area contributed by atoms with E-state index < -0.39 is 0 Å². The van der Waals surface area contributed by atoms with E-state index >= 15 is 0 Å².